The molecule has 1 heterocycles. The zero-order valence-corrected chi connectivity index (χ0v) is 15.6. The van der Waals surface area contributed by atoms with Gasteiger partial charge in [-0.2, -0.15) is 5.26 Å². The van der Waals surface area contributed by atoms with Crippen LogP contribution >= 0.6 is 11.6 Å². The average molecular weight is 395 g/mol. The summed E-state index contributed by atoms with van der Waals surface area (Å²) >= 11 is 5.92. The lowest BCUT2D eigenvalue weighted by Crippen LogP contribution is -2.57. The third kappa shape index (κ3) is 3.47. The molecule has 1 atom stereocenters. The molecule has 142 valence electrons. The predicted molar refractivity (Wildman–Crippen MR) is 93.1 cm³/mol. The van der Waals surface area contributed by atoms with E-state index in [9.17, 15) is 23.6 Å². The summed E-state index contributed by atoms with van der Waals surface area (Å²) in [4.78, 5) is 26.6. The van der Waals surface area contributed by atoms with E-state index in [0.29, 0.717) is 6.42 Å². The number of Topliss-reactive ketones (excluding diaryl/α,β-unsaturated/α-hetero) is 1. The van der Waals surface area contributed by atoms with Gasteiger partial charge in [0.1, 0.15) is 11.7 Å². The molecule has 0 N–H and O–H groups in total. The number of nitrogens with zero attached hydrogens (tertiary/aromatic N) is 2. The summed E-state index contributed by atoms with van der Waals surface area (Å²) < 4.78 is 32.7. The van der Waals surface area contributed by atoms with E-state index < -0.39 is 28.6 Å². The first-order chi connectivity index (χ1) is 12.6. The normalized spacial score (nSPS) is 24.5. The summed E-state index contributed by atoms with van der Waals surface area (Å²) in [6.45, 7) is 3.91. The van der Waals surface area contributed by atoms with Gasteiger partial charge < -0.3 is 9.64 Å². The van der Waals surface area contributed by atoms with E-state index in [1.807, 2.05) is 6.07 Å². The minimum Gasteiger partial charge on any atom is -0.367 e. The lowest BCUT2D eigenvalue weighted by molar-refractivity contribution is -0.134. The van der Waals surface area contributed by atoms with E-state index in [-0.39, 0.29) is 41.6 Å². The van der Waals surface area contributed by atoms with Gasteiger partial charge in [-0.3, -0.25) is 9.59 Å². The van der Waals surface area contributed by atoms with Crippen molar-refractivity contribution < 1.29 is 23.1 Å². The molecule has 1 unspecified atom stereocenters. The Bertz CT molecular complexity index is 907. The molecule has 1 amide bonds. The first kappa shape index (κ1) is 19.5. The molecule has 0 bridgehead atoms. The number of carbonyl (C=O) groups excluding carboxylic acids is 2. The van der Waals surface area contributed by atoms with Crippen molar-refractivity contribution in [2.45, 2.75) is 25.9 Å². The third-order valence-corrected chi connectivity index (χ3v) is 5.18. The number of rotatable bonds is 1. The van der Waals surface area contributed by atoms with Crippen LogP contribution in [-0.4, -0.2) is 41.9 Å². The SMILES string of the molecule is CC1(C)CC2(C=C(C#N)C1=O)CN(C(=O)c1cc(F)c(F)cc1Cl)CCO2. The zero-order chi connectivity index (χ0) is 20.0. The molecular formula is C19H17ClF2N2O3. The molecule has 3 rings (SSSR count). The lowest BCUT2D eigenvalue weighted by Gasteiger charge is -2.46. The van der Waals surface area contributed by atoms with Crippen LogP contribution in [0.25, 0.3) is 0 Å². The Balaban J connectivity index is 1.94. The Morgan fingerprint density at radius 1 is 1.33 bits per heavy atom. The Morgan fingerprint density at radius 3 is 2.67 bits per heavy atom. The van der Waals surface area contributed by atoms with Crippen molar-refractivity contribution in [2.24, 2.45) is 5.41 Å². The number of allylic oxidation sites excluding steroid dienone is 1. The van der Waals surface area contributed by atoms with E-state index >= 15 is 0 Å². The Kier molecular flexibility index (Phi) is 4.83. The van der Waals surface area contributed by atoms with Crippen LogP contribution in [-0.2, 0) is 9.53 Å². The van der Waals surface area contributed by atoms with E-state index in [4.69, 9.17) is 16.3 Å². The third-order valence-electron chi connectivity index (χ3n) is 4.87. The highest BCUT2D eigenvalue weighted by Crippen LogP contribution is 2.41. The fourth-order valence-corrected chi connectivity index (χ4v) is 3.92. The number of hydrogen-bond acceptors (Lipinski definition) is 4. The highest BCUT2D eigenvalue weighted by Gasteiger charge is 2.48. The van der Waals surface area contributed by atoms with Crippen LogP contribution in [0.1, 0.15) is 30.6 Å². The second-order valence-corrected chi connectivity index (χ2v) is 7.85. The number of amides is 1. The quantitative estimate of drug-likeness (QED) is 0.685. The number of morpholine rings is 1. The number of benzene rings is 1. The average Bonchev–Trinajstić information content (AvgIpc) is 2.60. The van der Waals surface area contributed by atoms with Crippen molar-refractivity contribution in [1.29, 1.82) is 5.26 Å². The first-order valence-electron chi connectivity index (χ1n) is 8.34. The van der Waals surface area contributed by atoms with Crippen LogP contribution in [0, 0.1) is 28.4 Å². The number of hydrogen-bond donors (Lipinski definition) is 0. The van der Waals surface area contributed by atoms with Gasteiger partial charge in [0.05, 0.1) is 29.3 Å². The van der Waals surface area contributed by atoms with Gasteiger partial charge in [0, 0.05) is 12.0 Å². The number of ketones is 1. The first-order valence-corrected chi connectivity index (χ1v) is 8.72. The van der Waals surface area contributed by atoms with Crippen molar-refractivity contribution >= 4 is 23.3 Å². The number of ether oxygens (including phenoxy) is 1. The monoisotopic (exact) mass is 394 g/mol. The molecule has 1 saturated heterocycles. The van der Waals surface area contributed by atoms with Crippen molar-refractivity contribution in [3.05, 3.63) is 46.0 Å². The van der Waals surface area contributed by atoms with Gasteiger partial charge in [0.25, 0.3) is 5.91 Å². The second kappa shape index (κ2) is 6.70. The summed E-state index contributed by atoms with van der Waals surface area (Å²) in [5.41, 5.74) is -1.98. The molecule has 1 fully saturated rings. The second-order valence-electron chi connectivity index (χ2n) is 7.45. The van der Waals surface area contributed by atoms with Gasteiger partial charge in [-0.25, -0.2) is 8.78 Å². The minimum atomic E-state index is -1.17. The molecule has 1 aromatic rings. The Labute approximate surface area is 160 Å². The van der Waals surface area contributed by atoms with Crippen LogP contribution in [0.5, 0.6) is 0 Å². The van der Waals surface area contributed by atoms with Crippen molar-refractivity contribution in [2.75, 3.05) is 19.7 Å². The number of carbonyl (C=O) groups is 2. The van der Waals surface area contributed by atoms with Crippen LogP contribution in [0.15, 0.2) is 23.8 Å². The van der Waals surface area contributed by atoms with E-state index in [1.165, 1.54) is 11.0 Å². The predicted octanol–water partition coefficient (Wildman–Crippen LogP) is 3.28. The van der Waals surface area contributed by atoms with Crippen LogP contribution < -0.4 is 0 Å². The number of nitriles is 1. The van der Waals surface area contributed by atoms with E-state index in [0.717, 1.165) is 12.1 Å². The maximum absolute atomic E-state index is 13.6. The summed E-state index contributed by atoms with van der Waals surface area (Å²) in [6, 6.07) is 3.43. The van der Waals surface area contributed by atoms with Crippen LogP contribution in [0.2, 0.25) is 5.02 Å². The summed E-state index contributed by atoms with van der Waals surface area (Å²) in [5.74, 6) is -3.14. The van der Waals surface area contributed by atoms with E-state index in [1.54, 1.807) is 13.8 Å². The van der Waals surface area contributed by atoms with Gasteiger partial charge in [-0.05, 0) is 24.6 Å². The molecule has 27 heavy (non-hydrogen) atoms. The standard InChI is InChI=1S/C19H17ClF2N2O3/c1-18(2)9-19(7-11(8-23)16(18)25)10-24(3-4-27-19)17(26)12-5-14(21)15(22)6-13(12)20/h5-7H,3-4,9-10H2,1-2H3. The minimum absolute atomic E-state index is 0.00796. The highest BCUT2D eigenvalue weighted by molar-refractivity contribution is 6.33. The molecule has 0 aromatic heterocycles. The Hall–Kier alpha value is -2.30. The summed E-state index contributed by atoms with van der Waals surface area (Å²) in [5, 5.41) is 9.10. The molecule has 5 nitrogen and oxygen atoms in total. The van der Waals surface area contributed by atoms with Crippen molar-refractivity contribution in [1.82, 2.24) is 4.90 Å². The van der Waals surface area contributed by atoms with Gasteiger partial charge in [0.15, 0.2) is 17.4 Å². The fourth-order valence-electron chi connectivity index (χ4n) is 3.69. The van der Waals surface area contributed by atoms with Gasteiger partial charge in [0.2, 0.25) is 0 Å². The molecule has 1 spiro atoms. The Morgan fingerprint density at radius 2 is 2.00 bits per heavy atom. The molecule has 1 aromatic carbocycles. The van der Waals surface area contributed by atoms with Crippen molar-refractivity contribution in [3.63, 3.8) is 0 Å². The molecular weight excluding hydrogens is 378 g/mol. The molecule has 2 aliphatic rings. The maximum Gasteiger partial charge on any atom is 0.255 e. The van der Waals surface area contributed by atoms with Crippen LogP contribution in [0.4, 0.5) is 8.78 Å². The van der Waals surface area contributed by atoms with E-state index in [2.05, 4.69) is 0 Å². The van der Waals surface area contributed by atoms with Gasteiger partial charge in [-0.15, -0.1) is 0 Å². The molecule has 8 heteroatoms. The van der Waals surface area contributed by atoms with Crippen molar-refractivity contribution in [3.8, 4) is 6.07 Å². The van der Waals surface area contributed by atoms with Gasteiger partial charge >= 0.3 is 0 Å². The molecule has 0 saturated carbocycles. The largest absolute Gasteiger partial charge is 0.367 e. The maximum atomic E-state index is 13.6. The zero-order valence-electron chi connectivity index (χ0n) is 14.8. The fraction of sp³-hybridized carbons (Fsp3) is 0.421. The summed E-state index contributed by atoms with van der Waals surface area (Å²) in [7, 11) is 0. The lowest BCUT2D eigenvalue weighted by atomic mass is 9.69. The molecule has 1 aliphatic heterocycles. The molecule has 0 radical (unpaired) electrons. The van der Waals surface area contributed by atoms with Gasteiger partial charge in [-0.1, -0.05) is 25.4 Å². The molecule has 1 aliphatic carbocycles. The van der Waals surface area contributed by atoms with Crippen LogP contribution in [0.3, 0.4) is 0 Å². The summed E-state index contributed by atoms with van der Waals surface area (Å²) in [6.07, 6.45) is 1.76. The number of halogens is 3. The topological polar surface area (TPSA) is 70.4 Å². The highest BCUT2D eigenvalue weighted by atomic mass is 35.5. The smallest absolute Gasteiger partial charge is 0.255 e.